The number of piperidine rings is 1. The fourth-order valence-corrected chi connectivity index (χ4v) is 2.95. The van der Waals surface area contributed by atoms with Gasteiger partial charge < -0.3 is 10.4 Å². The minimum absolute atomic E-state index is 0.102. The van der Waals surface area contributed by atoms with Crippen molar-refractivity contribution in [1.82, 2.24) is 4.90 Å². The Hall–Kier alpha value is -1.99. The molecule has 23 heavy (non-hydrogen) atoms. The summed E-state index contributed by atoms with van der Waals surface area (Å²) in [5, 5.41) is 22.6. The molecule has 0 spiro atoms. The Bertz CT molecular complexity index is 556. The number of carbonyl (C=O) groups excluding carboxylic acids is 1. The van der Waals surface area contributed by atoms with E-state index in [0.29, 0.717) is 5.92 Å². The molecular formula is C16H23N3O4. The number of nitrogens with one attached hydrogen (secondary N) is 1. The Morgan fingerprint density at radius 2 is 2.09 bits per heavy atom. The van der Waals surface area contributed by atoms with Gasteiger partial charge in [0.1, 0.15) is 5.69 Å². The van der Waals surface area contributed by atoms with Gasteiger partial charge in [0.05, 0.1) is 11.0 Å². The predicted molar refractivity (Wildman–Crippen MR) is 87.2 cm³/mol. The van der Waals surface area contributed by atoms with E-state index in [2.05, 4.69) is 10.2 Å². The van der Waals surface area contributed by atoms with Gasteiger partial charge in [-0.05, 0) is 51.3 Å². The van der Waals surface area contributed by atoms with Crippen molar-refractivity contribution in [3.05, 3.63) is 34.4 Å². The lowest BCUT2D eigenvalue weighted by atomic mass is 9.93. The first-order valence-corrected chi connectivity index (χ1v) is 7.92. The van der Waals surface area contributed by atoms with E-state index < -0.39 is 4.92 Å². The topological polar surface area (TPSA) is 95.7 Å². The molecule has 2 N–H and O–H groups in total. The molecule has 1 amide bonds. The molecule has 0 aliphatic carbocycles. The van der Waals surface area contributed by atoms with Crippen LogP contribution in [0.25, 0.3) is 0 Å². The number of anilines is 1. The summed E-state index contributed by atoms with van der Waals surface area (Å²) in [5.41, 5.74) is 0.124. The van der Waals surface area contributed by atoms with Crippen LogP contribution >= 0.6 is 0 Å². The lowest BCUT2D eigenvalue weighted by Gasteiger charge is -2.35. The van der Waals surface area contributed by atoms with Crippen LogP contribution < -0.4 is 5.32 Å². The van der Waals surface area contributed by atoms with E-state index in [1.807, 2.05) is 6.92 Å². The molecule has 0 unspecified atom stereocenters. The molecular weight excluding hydrogens is 298 g/mol. The van der Waals surface area contributed by atoms with E-state index >= 15 is 0 Å². The molecule has 1 fully saturated rings. The molecule has 1 atom stereocenters. The van der Waals surface area contributed by atoms with Crippen molar-refractivity contribution in [2.24, 2.45) is 5.92 Å². The molecule has 0 saturated carbocycles. The summed E-state index contributed by atoms with van der Waals surface area (Å²) in [5.74, 6) is 0.279. The van der Waals surface area contributed by atoms with Crippen molar-refractivity contribution in [3.63, 3.8) is 0 Å². The molecule has 1 aromatic rings. The molecule has 7 nitrogen and oxygen atoms in total. The molecule has 1 aliphatic heterocycles. The van der Waals surface area contributed by atoms with Crippen LogP contribution in [0, 0.1) is 16.0 Å². The highest BCUT2D eigenvalue weighted by molar-refractivity contribution is 5.96. The Balaban J connectivity index is 1.95. The van der Waals surface area contributed by atoms with Crippen LogP contribution in [0.4, 0.5) is 11.4 Å². The van der Waals surface area contributed by atoms with Crippen LogP contribution in [-0.4, -0.2) is 46.6 Å². The Kier molecular flexibility index (Phi) is 6.06. The van der Waals surface area contributed by atoms with Gasteiger partial charge in [0.25, 0.3) is 5.69 Å². The number of likely N-dealkylation sites (tertiary alicyclic amines) is 1. The normalized spacial score (nSPS) is 17.7. The number of amides is 1. The maximum atomic E-state index is 12.4. The Labute approximate surface area is 135 Å². The van der Waals surface area contributed by atoms with Crippen LogP contribution in [0.1, 0.15) is 26.2 Å². The molecule has 2 rings (SSSR count). The van der Waals surface area contributed by atoms with Crippen LogP contribution in [0.15, 0.2) is 24.3 Å². The largest absolute Gasteiger partial charge is 0.396 e. The second kappa shape index (κ2) is 8.03. The third-order valence-corrected chi connectivity index (χ3v) is 4.47. The number of nitro groups is 1. The number of hydrogen-bond acceptors (Lipinski definition) is 5. The van der Waals surface area contributed by atoms with Gasteiger partial charge in [-0.2, -0.15) is 0 Å². The molecule has 0 aromatic heterocycles. The van der Waals surface area contributed by atoms with Crippen LogP contribution in [-0.2, 0) is 4.79 Å². The number of benzene rings is 1. The van der Waals surface area contributed by atoms with Gasteiger partial charge in [0.2, 0.25) is 5.91 Å². The molecule has 1 aromatic carbocycles. The van der Waals surface area contributed by atoms with E-state index in [9.17, 15) is 14.9 Å². The summed E-state index contributed by atoms with van der Waals surface area (Å²) in [6.45, 7) is 3.63. The van der Waals surface area contributed by atoms with Gasteiger partial charge in [-0.15, -0.1) is 0 Å². The molecule has 1 saturated heterocycles. The van der Waals surface area contributed by atoms with E-state index in [0.717, 1.165) is 32.4 Å². The second-order valence-corrected chi connectivity index (χ2v) is 5.93. The van der Waals surface area contributed by atoms with Crippen molar-refractivity contribution in [2.75, 3.05) is 25.0 Å². The van der Waals surface area contributed by atoms with Crippen molar-refractivity contribution in [2.45, 2.75) is 32.2 Å². The minimum atomic E-state index is -0.499. The summed E-state index contributed by atoms with van der Waals surface area (Å²) < 4.78 is 0. The lowest BCUT2D eigenvalue weighted by Crippen LogP contribution is -2.46. The Morgan fingerprint density at radius 1 is 1.43 bits per heavy atom. The first-order valence-electron chi connectivity index (χ1n) is 7.92. The van der Waals surface area contributed by atoms with Crippen molar-refractivity contribution in [3.8, 4) is 0 Å². The quantitative estimate of drug-likeness (QED) is 0.617. The van der Waals surface area contributed by atoms with Crippen molar-refractivity contribution < 1.29 is 14.8 Å². The SMILES string of the molecule is C[C@@H](C(=O)Nc1ccccc1[N+](=O)[O-])N1CCC(CCO)CC1. The molecule has 1 heterocycles. The van der Waals surface area contributed by atoms with Gasteiger partial charge in [0.15, 0.2) is 0 Å². The average Bonchev–Trinajstić information content (AvgIpc) is 2.55. The summed E-state index contributed by atoms with van der Waals surface area (Å²) in [6, 6.07) is 5.80. The summed E-state index contributed by atoms with van der Waals surface area (Å²) in [7, 11) is 0. The average molecular weight is 321 g/mol. The fraction of sp³-hybridized carbons (Fsp3) is 0.562. The number of nitrogens with zero attached hydrogens (tertiary/aromatic N) is 2. The molecule has 7 heteroatoms. The number of aliphatic hydroxyl groups is 1. The second-order valence-electron chi connectivity index (χ2n) is 5.93. The molecule has 0 radical (unpaired) electrons. The molecule has 126 valence electrons. The number of hydrogen-bond donors (Lipinski definition) is 2. The summed E-state index contributed by atoms with van der Waals surface area (Å²) in [4.78, 5) is 25.0. The highest BCUT2D eigenvalue weighted by Gasteiger charge is 2.27. The van der Waals surface area contributed by atoms with E-state index in [1.54, 1.807) is 12.1 Å². The van der Waals surface area contributed by atoms with E-state index in [4.69, 9.17) is 5.11 Å². The third kappa shape index (κ3) is 4.49. The number of rotatable bonds is 6. The van der Waals surface area contributed by atoms with E-state index in [-0.39, 0.29) is 29.9 Å². The zero-order chi connectivity index (χ0) is 16.8. The van der Waals surface area contributed by atoms with Gasteiger partial charge >= 0.3 is 0 Å². The van der Waals surface area contributed by atoms with Crippen LogP contribution in [0.2, 0.25) is 0 Å². The highest BCUT2D eigenvalue weighted by atomic mass is 16.6. The molecule has 0 bridgehead atoms. The number of carbonyl (C=O) groups is 1. The fourth-order valence-electron chi connectivity index (χ4n) is 2.95. The smallest absolute Gasteiger partial charge is 0.292 e. The highest BCUT2D eigenvalue weighted by Crippen LogP contribution is 2.25. The summed E-state index contributed by atoms with van der Waals surface area (Å²) in [6.07, 6.45) is 2.73. The third-order valence-electron chi connectivity index (χ3n) is 4.47. The monoisotopic (exact) mass is 321 g/mol. The first kappa shape index (κ1) is 17.4. The van der Waals surface area contributed by atoms with Crippen molar-refractivity contribution in [1.29, 1.82) is 0 Å². The van der Waals surface area contributed by atoms with Crippen molar-refractivity contribution >= 4 is 17.3 Å². The van der Waals surface area contributed by atoms with E-state index in [1.165, 1.54) is 12.1 Å². The minimum Gasteiger partial charge on any atom is -0.396 e. The summed E-state index contributed by atoms with van der Waals surface area (Å²) >= 11 is 0. The maximum absolute atomic E-state index is 12.4. The van der Waals surface area contributed by atoms with Crippen LogP contribution in [0.5, 0.6) is 0 Å². The lowest BCUT2D eigenvalue weighted by molar-refractivity contribution is -0.383. The number of para-hydroxylation sites is 2. The number of nitro benzene ring substituents is 1. The number of aliphatic hydroxyl groups excluding tert-OH is 1. The van der Waals surface area contributed by atoms with Crippen LogP contribution in [0.3, 0.4) is 0 Å². The standard InChI is InChI=1S/C16H23N3O4/c1-12(18-9-6-13(7-10-18)8-11-20)16(21)17-14-4-2-3-5-15(14)19(22)23/h2-5,12-13,20H,6-11H2,1H3,(H,17,21)/t12-/m0/s1. The van der Waals surface area contributed by atoms with Gasteiger partial charge in [-0.3, -0.25) is 19.8 Å². The zero-order valence-electron chi connectivity index (χ0n) is 13.3. The predicted octanol–water partition coefficient (Wildman–Crippen LogP) is 2.02. The Morgan fingerprint density at radius 3 is 2.70 bits per heavy atom. The zero-order valence-corrected chi connectivity index (χ0v) is 13.3. The van der Waals surface area contributed by atoms with Gasteiger partial charge in [0, 0.05) is 12.7 Å². The van der Waals surface area contributed by atoms with Gasteiger partial charge in [-0.1, -0.05) is 12.1 Å². The van der Waals surface area contributed by atoms with Gasteiger partial charge in [-0.25, -0.2) is 0 Å². The maximum Gasteiger partial charge on any atom is 0.292 e. The first-order chi connectivity index (χ1) is 11.0. The molecule has 1 aliphatic rings.